The second kappa shape index (κ2) is 22.6. The first-order chi connectivity index (χ1) is 29.2. The van der Waals surface area contributed by atoms with Crippen LogP contribution in [0.4, 0.5) is 28.6 Å². The Labute approximate surface area is 372 Å². The Balaban J connectivity index is 1.08. The highest BCUT2D eigenvalue weighted by Gasteiger charge is 2.40. The Morgan fingerprint density at radius 1 is 0.700 bits per heavy atom. The molecule has 0 spiro atoms. The Morgan fingerprint density at radius 2 is 1.28 bits per heavy atom. The molecule has 6 rings (SSSR count). The van der Waals surface area contributed by atoms with Gasteiger partial charge in [0.15, 0.2) is 11.5 Å². The van der Waals surface area contributed by atoms with Gasteiger partial charge in [-0.3, -0.25) is 19.5 Å². The SMILES string of the molecule is CCCCCCCCCCCCCCCCCCC1CC(=O)N(c2cccc(Nc3[nH]n(-c4c(Cl)cc(Cl)cc4Cl)c(=O)c3N=Nc3cccc4ccccc34)c2Cl)C1=O. The third-order valence-corrected chi connectivity index (χ3v) is 12.4. The lowest BCUT2D eigenvalue weighted by Gasteiger charge is -2.19. The number of H-pyrrole nitrogens is 1. The van der Waals surface area contributed by atoms with Gasteiger partial charge >= 0.3 is 5.56 Å². The molecule has 1 fully saturated rings. The maximum atomic E-state index is 14.1. The number of anilines is 3. The number of hydrogen-bond donors (Lipinski definition) is 2. The topological polar surface area (TPSA) is 112 Å². The third kappa shape index (κ3) is 11.6. The lowest BCUT2D eigenvalue weighted by atomic mass is 9.98. The minimum Gasteiger partial charge on any atom is -0.337 e. The van der Waals surface area contributed by atoms with Crippen LogP contribution in [-0.2, 0) is 9.59 Å². The molecule has 0 radical (unpaired) electrons. The molecule has 318 valence electrons. The highest BCUT2D eigenvalue weighted by atomic mass is 35.5. The third-order valence-electron chi connectivity index (χ3n) is 11.2. The molecule has 1 aliphatic rings. The fourth-order valence-corrected chi connectivity index (χ4v) is 9.19. The van der Waals surface area contributed by atoms with E-state index in [1.807, 2.05) is 36.4 Å². The van der Waals surface area contributed by atoms with Crippen molar-refractivity contribution < 1.29 is 9.59 Å². The summed E-state index contributed by atoms with van der Waals surface area (Å²) in [4.78, 5) is 42.3. The molecule has 0 bridgehead atoms. The number of hydrogen-bond acceptors (Lipinski definition) is 6. The Kier molecular flexibility index (Phi) is 17.1. The van der Waals surface area contributed by atoms with E-state index in [1.165, 1.54) is 101 Å². The van der Waals surface area contributed by atoms with Crippen molar-refractivity contribution in [3.63, 3.8) is 0 Å². The molecule has 60 heavy (non-hydrogen) atoms. The van der Waals surface area contributed by atoms with Crippen LogP contribution in [0.1, 0.15) is 122 Å². The summed E-state index contributed by atoms with van der Waals surface area (Å²) in [5, 5.41) is 17.5. The first-order valence-electron chi connectivity index (χ1n) is 21.5. The quantitative estimate of drug-likeness (QED) is 0.0386. The van der Waals surface area contributed by atoms with Crippen LogP contribution in [0, 0.1) is 5.92 Å². The number of carbonyl (C=O) groups excluding carboxylic acids is 2. The van der Waals surface area contributed by atoms with Gasteiger partial charge in [-0.05, 0) is 42.1 Å². The van der Waals surface area contributed by atoms with Crippen LogP contribution in [0.2, 0.25) is 20.1 Å². The number of aromatic amines is 1. The monoisotopic (exact) mass is 890 g/mol. The van der Waals surface area contributed by atoms with Crippen LogP contribution in [0.25, 0.3) is 16.5 Å². The van der Waals surface area contributed by atoms with Gasteiger partial charge in [-0.2, -0.15) is 0 Å². The summed E-state index contributed by atoms with van der Waals surface area (Å²) in [6, 6.07) is 21.3. The minimum absolute atomic E-state index is 0.0984. The van der Waals surface area contributed by atoms with E-state index in [-0.39, 0.29) is 56.2 Å². The molecular weight excluding hydrogens is 838 g/mol. The molecule has 1 aromatic heterocycles. The lowest BCUT2D eigenvalue weighted by molar-refractivity contribution is -0.122. The molecule has 5 aromatic rings. The molecule has 2 heterocycles. The van der Waals surface area contributed by atoms with E-state index < -0.39 is 11.5 Å². The molecule has 0 saturated carbocycles. The van der Waals surface area contributed by atoms with Crippen molar-refractivity contribution >= 4 is 97.6 Å². The van der Waals surface area contributed by atoms with Crippen molar-refractivity contribution in [1.29, 1.82) is 0 Å². The first kappa shape index (κ1) is 45.4. The van der Waals surface area contributed by atoms with Crippen molar-refractivity contribution in [2.45, 2.75) is 122 Å². The minimum atomic E-state index is -0.610. The fraction of sp³-hybridized carbons (Fsp3) is 0.426. The molecule has 13 heteroatoms. The van der Waals surface area contributed by atoms with Gasteiger partial charge in [0.25, 0.3) is 0 Å². The van der Waals surface area contributed by atoms with Crippen molar-refractivity contribution in [1.82, 2.24) is 9.78 Å². The van der Waals surface area contributed by atoms with Gasteiger partial charge in [0.2, 0.25) is 11.8 Å². The van der Waals surface area contributed by atoms with Crippen LogP contribution in [0.15, 0.2) is 87.8 Å². The number of fused-ring (bicyclic) bond motifs is 1. The molecule has 0 aliphatic carbocycles. The number of azo groups is 1. The van der Waals surface area contributed by atoms with Crippen molar-refractivity contribution in [3.8, 4) is 5.69 Å². The summed E-state index contributed by atoms with van der Waals surface area (Å²) in [6.07, 6.45) is 21.3. The maximum Gasteiger partial charge on any atom is 0.301 e. The van der Waals surface area contributed by atoms with Gasteiger partial charge in [-0.15, -0.1) is 10.2 Å². The molecular formula is C47H54Cl4N6O3. The molecule has 4 aromatic carbocycles. The second-order valence-corrected chi connectivity index (χ2v) is 17.3. The van der Waals surface area contributed by atoms with Gasteiger partial charge in [0.05, 0.1) is 32.1 Å². The Morgan fingerprint density at radius 3 is 1.93 bits per heavy atom. The van der Waals surface area contributed by atoms with E-state index in [0.29, 0.717) is 22.8 Å². The average Bonchev–Trinajstić information content (AvgIpc) is 3.69. The van der Waals surface area contributed by atoms with E-state index in [2.05, 4.69) is 27.6 Å². The van der Waals surface area contributed by atoms with Gasteiger partial charge in [-0.25, -0.2) is 9.58 Å². The van der Waals surface area contributed by atoms with Crippen LogP contribution in [0.5, 0.6) is 0 Å². The van der Waals surface area contributed by atoms with Gasteiger partial charge in [0, 0.05) is 22.7 Å². The highest BCUT2D eigenvalue weighted by Crippen LogP contribution is 2.40. The van der Waals surface area contributed by atoms with Crippen molar-refractivity contribution in [3.05, 3.63) is 103 Å². The maximum absolute atomic E-state index is 14.1. The summed E-state index contributed by atoms with van der Waals surface area (Å²) in [7, 11) is 0. The second-order valence-electron chi connectivity index (χ2n) is 15.7. The predicted octanol–water partition coefficient (Wildman–Crippen LogP) is 15.6. The number of aromatic nitrogens is 2. The summed E-state index contributed by atoms with van der Waals surface area (Å²) in [5.74, 6) is -0.824. The molecule has 1 saturated heterocycles. The Bertz CT molecular complexity index is 2310. The number of rotatable bonds is 23. The number of benzene rings is 4. The largest absolute Gasteiger partial charge is 0.337 e. The number of amides is 2. The molecule has 1 aliphatic heterocycles. The predicted molar refractivity (Wildman–Crippen MR) is 249 cm³/mol. The average molecular weight is 893 g/mol. The number of carbonyl (C=O) groups is 2. The zero-order valence-corrected chi connectivity index (χ0v) is 37.3. The van der Waals surface area contributed by atoms with Crippen LogP contribution < -0.4 is 15.8 Å². The highest BCUT2D eigenvalue weighted by molar-refractivity contribution is 6.41. The zero-order chi connectivity index (χ0) is 42.4. The summed E-state index contributed by atoms with van der Waals surface area (Å²) >= 11 is 26.2. The van der Waals surface area contributed by atoms with Gasteiger partial charge in [-0.1, -0.05) is 199 Å². The standard InChI is InChI=1S/C47H54Cl4N6O3/c1-2-3-4-5-6-7-8-9-10-11-12-13-14-15-16-17-23-33-29-41(58)56(46(33)59)40-28-21-27-39(42(40)51)52-45-43(54-53-38-26-20-24-32-22-18-19-25-35(32)38)47(60)57(55-45)44-36(49)30-34(48)31-37(44)50/h18-22,24-28,30-31,33,52,55H,2-17,23,29H2,1H3. The number of unbranched alkanes of at least 4 members (excludes halogenated alkanes) is 15. The van der Waals surface area contributed by atoms with Gasteiger partial charge in [0.1, 0.15) is 5.69 Å². The number of imide groups is 1. The number of nitrogens with zero attached hydrogens (tertiary/aromatic N) is 4. The lowest BCUT2D eigenvalue weighted by Crippen LogP contribution is -2.30. The van der Waals surface area contributed by atoms with E-state index in [4.69, 9.17) is 46.4 Å². The molecule has 2 amide bonds. The van der Waals surface area contributed by atoms with Crippen molar-refractivity contribution in [2.75, 3.05) is 10.2 Å². The molecule has 9 nitrogen and oxygen atoms in total. The molecule has 1 unspecified atom stereocenters. The normalized spacial score (nSPS) is 14.3. The van der Waals surface area contributed by atoms with E-state index in [0.717, 1.165) is 34.7 Å². The van der Waals surface area contributed by atoms with E-state index in [9.17, 15) is 14.4 Å². The van der Waals surface area contributed by atoms with Crippen LogP contribution >= 0.6 is 46.4 Å². The van der Waals surface area contributed by atoms with Crippen LogP contribution in [0.3, 0.4) is 0 Å². The summed E-state index contributed by atoms with van der Waals surface area (Å²) in [5.41, 5.74) is 0.579. The fourth-order valence-electron chi connectivity index (χ4n) is 7.95. The van der Waals surface area contributed by atoms with E-state index >= 15 is 0 Å². The molecule has 2 N–H and O–H groups in total. The number of halogens is 4. The molecule has 1 atom stereocenters. The summed E-state index contributed by atoms with van der Waals surface area (Å²) in [6.45, 7) is 2.26. The summed E-state index contributed by atoms with van der Waals surface area (Å²) < 4.78 is 1.15. The van der Waals surface area contributed by atoms with Crippen molar-refractivity contribution in [2.24, 2.45) is 16.1 Å². The Hall–Kier alpha value is -4.15. The van der Waals surface area contributed by atoms with Gasteiger partial charge < -0.3 is 5.32 Å². The number of nitrogens with one attached hydrogen (secondary N) is 2. The smallest absolute Gasteiger partial charge is 0.301 e. The zero-order valence-electron chi connectivity index (χ0n) is 34.3. The van der Waals surface area contributed by atoms with Crippen LogP contribution in [-0.4, -0.2) is 21.6 Å². The first-order valence-corrected chi connectivity index (χ1v) is 23.0. The van der Waals surface area contributed by atoms with E-state index in [1.54, 1.807) is 24.3 Å².